The van der Waals surface area contributed by atoms with Gasteiger partial charge in [-0.25, -0.2) is 0 Å². The summed E-state index contributed by atoms with van der Waals surface area (Å²) in [7, 11) is 0. The first kappa shape index (κ1) is 10.2. The maximum Gasteiger partial charge on any atom is -0.00727 e. The molecule has 0 aliphatic carbocycles. The molecule has 0 heterocycles. The van der Waals surface area contributed by atoms with Crippen molar-refractivity contribution < 1.29 is 0 Å². The predicted molar refractivity (Wildman–Crippen MR) is 52.5 cm³/mol. The zero-order valence-corrected chi connectivity index (χ0v) is 7.85. The summed E-state index contributed by atoms with van der Waals surface area (Å²) in [5, 5.41) is 0. The van der Waals surface area contributed by atoms with Crippen LogP contribution >= 0.6 is 0 Å². The smallest absolute Gasteiger partial charge is 0.00727 e. The summed E-state index contributed by atoms with van der Waals surface area (Å²) in [6.45, 7) is 14.0. The fourth-order valence-corrected chi connectivity index (χ4v) is 1.26. The van der Waals surface area contributed by atoms with Crippen molar-refractivity contribution in [1.29, 1.82) is 0 Å². The van der Waals surface area contributed by atoms with Gasteiger partial charge in [0.15, 0.2) is 0 Å². The number of hydrogen-bond acceptors (Lipinski definition) is 0. The summed E-state index contributed by atoms with van der Waals surface area (Å²) in [4.78, 5) is 0. The third-order valence-corrected chi connectivity index (χ3v) is 1.97. The number of hydrogen-bond donors (Lipinski definition) is 0. The summed E-state index contributed by atoms with van der Waals surface area (Å²) in [6.07, 6.45) is 6.98. The molecule has 0 unspecified atom stereocenters. The fourth-order valence-electron chi connectivity index (χ4n) is 1.26. The van der Waals surface area contributed by atoms with Crippen LogP contribution in [-0.4, -0.2) is 0 Å². The van der Waals surface area contributed by atoms with Crippen LogP contribution in [0.2, 0.25) is 0 Å². The monoisotopic (exact) mass is 150 g/mol. The Morgan fingerprint density at radius 3 is 2.18 bits per heavy atom. The highest BCUT2D eigenvalue weighted by Crippen LogP contribution is 2.30. The average Bonchev–Trinajstić information content (AvgIpc) is 1.89. The second kappa shape index (κ2) is 4.17. The molecule has 0 aliphatic heterocycles. The quantitative estimate of drug-likeness (QED) is 0.423. The molecule has 0 aromatic heterocycles. The molecule has 0 radical (unpaired) electrons. The van der Waals surface area contributed by atoms with Gasteiger partial charge in [0, 0.05) is 0 Å². The molecule has 0 spiro atoms. The van der Waals surface area contributed by atoms with Crippen molar-refractivity contribution in [3.05, 3.63) is 37.0 Å². The molecule has 0 saturated heterocycles. The lowest BCUT2D eigenvalue weighted by atomic mass is 9.81. The maximum atomic E-state index is 3.78. The van der Waals surface area contributed by atoms with Gasteiger partial charge in [-0.15, -0.1) is 6.58 Å². The van der Waals surface area contributed by atoms with E-state index in [0.717, 1.165) is 6.42 Å². The van der Waals surface area contributed by atoms with Crippen LogP contribution in [0.1, 0.15) is 27.2 Å². The zero-order valence-electron chi connectivity index (χ0n) is 7.85. The lowest BCUT2D eigenvalue weighted by molar-refractivity contribution is 0.465. The van der Waals surface area contributed by atoms with Crippen molar-refractivity contribution >= 4 is 0 Å². The molecule has 0 nitrogen and oxygen atoms in total. The molecule has 0 aromatic carbocycles. The Labute approximate surface area is 70.3 Å². The van der Waals surface area contributed by atoms with Crippen molar-refractivity contribution in [2.75, 3.05) is 0 Å². The molecule has 0 heteroatoms. The van der Waals surface area contributed by atoms with Crippen molar-refractivity contribution in [2.45, 2.75) is 27.2 Å². The van der Waals surface area contributed by atoms with Gasteiger partial charge in [0.2, 0.25) is 0 Å². The Kier molecular flexibility index (Phi) is 3.88. The van der Waals surface area contributed by atoms with Gasteiger partial charge in [0.25, 0.3) is 0 Å². The van der Waals surface area contributed by atoms with Crippen molar-refractivity contribution in [2.24, 2.45) is 5.41 Å². The highest BCUT2D eigenvalue weighted by Gasteiger charge is 2.17. The van der Waals surface area contributed by atoms with Gasteiger partial charge >= 0.3 is 0 Å². The third-order valence-electron chi connectivity index (χ3n) is 1.97. The van der Waals surface area contributed by atoms with Gasteiger partial charge < -0.3 is 0 Å². The Bertz CT molecular complexity index is 170. The van der Waals surface area contributed by atoms with Gasteiger partial charge in [-0.3, -0.25) is 0 Å². The van der Waals surface area contributed by atoms with E-state index in [-0.39, 0.29) is 5.41 Å². The van der Waals surface area contributed by atoms with Crippen molar-refractivity contribution in [1.82, 2.24) is 0 Å². The normalized spacial score (nSPS) is 12.8. The van der Waals surface area contributed by atoms with Crippen LogP contribution in [0, 0.1) is 5.41 Å². The molecule has 0 N–H and O–H groups in total. The molecule has 0 saturated carbocycles. The highest BCUT2D eigenvalue weighted by molar-refractivity contribution is 5.23. The lowest BCUT2D eigenvalue weighted by Gasteiger charge is -2.24. The molecule has 0 amide bonds. The minimum Gasteiger partial charge on any atom is -0.103 e. The first-order chi connectivity index (χ1) is 5.08. The standard InChI is InChI=1S/C11H18/c1-6-9-11(4,5)10(7-2)8-3/h6-8H,1-2,9H2,3-5H3. The molecule has 0 bridgehead atoms. The van der Waals surface area contributed by atoms with Crippen LogP contribution in [0.4, 0.5) is 0 Å². The van der Waals surface area contributed by atoms with E-state index >= 15 is 0 Å². The summed E-state index contributed by atoms with van der Waals surface area (Å²) >= 11 is 0. The summed E-state index contributed by atoms with van der Waals surface area (Å²) in [5.41, 5.74) is 1.48. The minimum atomic E-state index is 0.193. The van der Waals surface area contributed by atoms with E-state index in [1.165, 1.54) is 5.57 Å². The Hall–Kier alpha value is -0.780. The van der Waals surface area contributed by atoms with E-state index < -0.39 is 0 Å². The van der Waals surface area contributed by atoms with Crippen molar-refractivity contribution in [3.8, 4) is 0 Å². The molecule has 62 valence electrons. The van der Waals surface area contributed by atoms with E-state index in [9.17, 15) is 0 Å². The van der Waals surface area contributed by atoms with E-state index in [0.29, 0.717) is 0 Å². The minimum absolute atomic E-state index is 0.193. The van der Waals surface area contributed by atoms with Gasteiger partial charge in [-0.1, -0.05) is 38.7 Å². The Morgan fingerprint density at radius 2 is 1.91 bits per heavy atom. The third kappa shape index (κ3) is 2.75. The molecular formula is C11H18. The van der Waals surface area contributed by atoms with E-state index in [1.54, 1.807) is 0 Å². The largest absolute Gasteiger partial charge is 0.103 e. The van der Waals surface area contributed by atoms with E-state index in [1.807, 2.05) is 19.1 Å². The fraction of sp³-hybridized carbons (Fsp3) is 0.455. The molecule has 0 atom stereocenters. The first-order valence-electron chi connectivity index (χ1n) is 3.98. The van der Waals surface area contributed by atoms with E-state index in [2.05, 4.69) is 33.1 Å². The zero-order chi connectivity index (χ0) is 8.91. The van der Waals surface area contributed by atoms with Gasteiger partial charge in [-0.2, -0.15) is 0 Å². The van der Waals surface area contributed by atoms with Crippen LogP contribution < -0.4 is 0 Å². The number of allylic oxidation sites excluding steroid dienone is 4. The molecule has 0 rings (SSSR count). The number of rotatable bonds is 4. The Balaban J connectivity index is 4.50. The van der Waals surface area contributed by atoms with Crippen molar-refractivity contribution in [3.63, 3.8) is 0 Å². The second-order valence-corrected chi connectivity index (χ2v) is 3.32. The molecule has 0 aliphatic rings. The maximum absolute atomic E-state index is 3.78. The first-order valence-corrected chi connectivity index (χ1v) is 3.98. The summed E-state index contributed by atoms with van der Waals surface area (Å²) in [5.74, 6) is 0. The molecule has 11 heavy (non-hydrogen) atoms. The van der Waals surface area contributed by atoms with Crippen LogP contribution in [0.5, 0.6) is 0 Å². The molecule has 0 fully saturated rings. The van der Waals surface area contributed by atoms with E-state index in [4.69, 9.17) is 0 Å². The lowest BCUT2D eigenvalue weighted by Crippen LogP contribution is -2.11. The van der Waals surface area contributed by atoms with Crippen LogP contribution in [0.3, 0.4) is 0 Å². The SMILES string of the molecule is C=CCC(C)(C)C(C=C)=CC. The average molecular weight is 150 g/mol. The highest BCUT2D eigenvalue weighted by atomic mass is 14.2. The van der Waals surface area contributed by atoms with Crippen LogP contribution in [0.25, 0.3) is 0 Å². The van der Waals surface area contributed by atoms with Gasteiger partial charge in [0.1, 0.15) is 0 Å². The molecule has 0 aromatic rings. The molecular weight excluding hydrogens is 132 g/mol. The topological polar surface area (TPSA) is 0 Å². The summed E-state index contributed by atoms with van der Waals surface area (Å²) in [6, 6.07) is 0. The summed E-state index contributed by atoms with van der Waals surface area (Å²) < 4.78 is 0. The van der Waals surface area contributed by atoms with Crippen LogP contribution in [-0.2, 0) is 0 Å². The predicted octanol–water partition coefficient (Wildman–Crippen LogP) is 3.72. The Morgan fingerprint density at radius 1 is 1.36 bits per heavy atom. The second-order valence-electron chi connectivity index (χ2n) is 3.32. The van der Waals surface area contributed by atoms with Gasteiger partial charge in [0.05, 0.1) is 0 Å². The van der Waals surface area contributed by atoms with Gasteiger partial charge in [-0.05, 0) is 24.3 Å². The van der Waals surface area contributed by atoms with Crippen LogP contribution in [0.15, 0.2) is 37.0 Å².